The molecule has 0 unspecified atom stereocenters. The van der Waals surface area contributed by atoms with Crippen molar-refractivity contribution in [2.24, 2.45) is 0 Å². The van der Waals surface area contributed by atoms with Crippen LogP contribution in [0.5, 0.6) is 0 Å². The summed E-state index contributed by atoms with van der Waals surface area (Å²) >= 11 is 0. The number of unbranched alkanes of at least 4 members (excludes halogenated alkanes) is 18. The van der Waals surface area contributed by atoms with E-state index in [1.807, 2.05) is 0 Å². The Kier molecular flexibility index (Phi) is 19.8. The lowest BCUT2D eigenvalue weighted by Gasteiger charge is -2.19. The monoisotopic (exact) mass is 412 g/mol. The Bertz CT molecular complexity index is 341. The molecule has 0 aromatic heterocycles. The van der Waals surface area contributed by atoms with E-state index in [2.05, 4.69) is 20.0 Å². The van der Waals surface area contributed by atoms with Gasteiger partial charge in [0.1, 0.15) is 0 Å². The Hall–Kier alpha value is -0.313. The van der Waals surface area contributed by atoms with Gasteiger partial charge in [0.15, 0.2) is 0 Å². The van der Waals surface area contributed by atoms with Crippen LogP contribution in [0.15, 0.2) is 0 Å². The molecule has 0 saturated heterocycles. The molecule has 1 N–H and O–H groups in total. The third-order valence-corrected chi connectivity index (χ3v) is 9.05. The summed E-state index contributed by atoms with van der Waals surface area (Å²) in [5.74, 6) is -0.602. The van der Waals surface area contributed by atoms with Gasteiger partial charge in [0, 0.05) is 6.04 Å². The summed E-state index contributed by atoms with van der Waals surface area (Å²) in [6.07, 6.45) is 26.8. The minimum Gasteiger partial charge on any atom is -0.481 e. The summed E-state index contributed by atoms with van der Waals surface area (Å²) < 4.78 is 0. The van der Waals surface area contributed by atoms with Gasteiger partial charge < -0.3 is 5.11 Å². The first-order valence-corrected chi connectivity index (χ1v) is 16.1. The number of rotatable bonds is 22. The molecule has 0 bridgehead atoms. The van der Waals surface area contributed by atoms with Gasteiger partial charge in [-0.3, -0.25) is 4.79 Å². The van der Waals surface area contributed by atoms with E-state index in [9.17, 15) is 4.79 Å². The highest BCUT2D eigenvalue weighted by atomic mass is 28.3. The molecule has 0 radical (unpaired) electrons. The lowest BCUT2D eigenvalue weighted by atomic mass is 10.0. The van der Waals surface area contributed by atoms with E-state index in [1.165, 1.54) is 128 Å². The largest absolute Gasteiger partial charge is 0.481 e. The molecule has 0 saturated carbocycles. The van der Waals surface area contributed by atoms with E-state index < -0.39 is 14.0 Å². The molecule has 0 rings (SSSR count). The van der Waals surface area contributed by atoms with Crippen molar-refractivity contribution >= 4 is 14.0 Å². The maximum absolute atomic E-state index is 10.9. The van der Waals surface area contributed by atoms with Gasteiger partial charge in [-0.25, -0.2) is 0 Å². The summed E-state index contributed by atoms with van der Waals surface area (Å²) in [4.78, 5) is 10.9. The Labute approximate surface area is 178 Å². The SMILES string of the molecule is CCCCCCCCCCCCCCCCCCCCC[Si](C)(C)CC(=O)O. The highest BCUT2D eigenvalue weighted by molar-refractivity contribution is 6.79. The smallest absolute Gasteiger partial charge is 0.300 e. The van der Waals surface area contributed by atoms with Gasteiger partial charge >= 0.3 is 5.97 Å². The van der Waals surface area contributed by atoms with Crippen LogP contribution in [0.2, 0.25) is 25.2 Å². The molecule has 0 atom stereocenters. The number of carboxylic acid groups (broad SMARTS) is 1. The fraction of sp³-hybridized carbons (Fsp3) is 0.960. The fourth-order valence-electron chi connectivity index (χ4n) is 4.18. The molecule has 0 aliphatic carbocycles. The van der Waals surface area contributed by atoms with E-state index in [0.29, 0.717) is 6.04 Å². The van der Waals surface area contributed by atoms with Crippen LogP contribution in [0, 0.1) is 0 Å². The molecule has 3 heteroatoms. The Morgan fingerprint density at radius 3 is 1.14 bits per heavy atom. The van der Waals surface area contributed by atoms with E-state index in [4.69, 9.17) is 5.11 Å². The van der Waals surface area contributed by atoms with Crippen LogP contribution in [0.25, 0.3) is 0 Å². The van der Waals surface area contributed by atoms with Crippen LogP contribution in [-0.2, 0) is 4.79 Å². The van der Waals surface area contributed by atoms with Gasteiger partial charge in [0.05, 0.1) is 8.07 Å². The molecular formula is C25H52O2Si. The highest BCUT2D eigenvalue weighted by Gasteiger charge is 2.23. The van der Waals surface area contributed by atoms with E-state index in [0.717, 1.165) is 0 Å². The quantitative estimate of drug-likeness (QED) is 0.142. The predicted molar refractivity (Wildman–Crippen MR) is 128 cm³/mol. The molecule has 0 aliphatic rings. The molecule has 28 heavy (non-hydrogen) atoms. The topological polar surface area (TPSA) is 37.3 Å². The van der Waals surface area contributed by atoms with Crippen LogP contribution in [0.3, 0.4) is 0 Å². The molecule has 0 aliphatic heterocycles. The van der Waals surface area contributed by atoms with Gasteiger partial charge in [-0.1, -0.05) is 148 Å². The molecule has 0 heterocycles. The molecule has 0 spiro atoms. The molecule has 0 amide bonds. The first-order valence-electron chi connectivity index (χ1n) is 12.7. The average molecular weight is 413 g/mol. The Morgan fingerprint density at radius 2 is 0.857 bits per heavy atom. The number of hydrogen-bond acceptors (Lipinski definition) is 1. The minimum absolute atomic E-state index is 0.437. The molecule has 0 aromatic carbocycles. The summed E-state index contributed by atoms with van der Waals surface area (Å²) in [5, 5.41) is 8.94. The summed E-state index contributed by atoms with van der Waals surface area (Å²) in [6.45, 7) is 6.73. The Balaban J connectivity index is 3.15. The van der Waals surface area contributed by atoms with E-state index >= 15 is 0 Å². The lowest BCUT2D eigenvalue weighted by Crippen LogP contribution is -2.28. The average Bonchev–Trinajstić information content (AvgIpc) is 2.62. The lowest BCUT2D eigenvalue weighted by molar-refractivity contribution is -0.134. The van der Waals surface area contributed by atoms with Crippen LogP contribution in [0.1, 0.15) is 129 Å². The van der Waals surface area contributed by atoms with E-state index in [-0.39, 0.29) is 0 Å². The van der Waals surface area contributed by atoms with Crippen molar-refractivity contribution in [3.63, 3.8) is 0 Å². The number of aliphatic carboxylic acids is 1. The van der Waals surface area contributed by atoms with Crippen LogP contribution in [0.4, 0.5) is 0 Å². The molecular weight excluding hydrogens is 360 g/mol. The normalized spacial score (nSPS) is 11.8. The number of carboxylic acids is 1. The minimum atomic E-state index is -1.48. The van der Waals surface area contributed by atoms with Crippen molar-refractivity contribution in [1.82, 2.24) is 0 Å². The second kappa shape index (κ2) is 20.0. The summed E-state index contributed by atoms with van der Waals surface area (Å²) in [7, 11) is -1.48. The van der Waals surface area contributed by atoms with Gasteiger partial charge in [-0.15, -0.1) is 0 Å². The zero-order valence-electron chi connectivity index (χ0n) is 19.7. The van der Waals surface area contributed by atoms with Crippen molar-refractivity contribution < 1.29 is 9.90 Å². The third-order valence-electron chi connectivity index (χ3n) is 6.09. The Morgan fingerprint density at radius 1 is 0.571 bits per heavy atom. The standard InChI is InChI=1S/C25H52O2Si/c1-4-5-6-7-8-9-10-11-12-13-14-15-16-17-18-19-20-21-22-23-28(2,3)24-25(26)27/h4-24H2,1-3H3,(H,26,27). The first kappa shape index (κ1) is 27.7. The zero-order chi connectivity index (χ0) is 20.9. The van der Waals surface area contributed by atoms with E-state index in [1.54, 1.807) is 0 Å². The molecule has 2 nitrogen and oxygen atoms in total. The highest BCUT2D eigenvalue weighted by Crippen LogP contribution is 2.20. The van der Waals surface area contributed by atoms with Gasteiger partial charge in [-0.2, -0.15) is 0 Å². The predicted octanol–water partition coefficient (Wildman–Crippen LogP) is 9.21. The molecule has 0 fully saturated rings. The summed E-state index contributed by atoms with van der Waals surface area (Å²) in [5.41, 5.74) is 0. The van der Waals surface area contributed by atoms with Crippen LogP contribution in [-0.4, -0.2) is 19.1 Å². The van der Waals surface area contributed by atoms with Crippen molar-refractivity contribution in [3.05, 3.63) is 0 Å². The van der Waals surface area contributed by atoms with Crippen LogP contribution >= 0.6 is 0 Å². The maximum Gasteiger partial charge on any atom is 0.300 e. The zero-order valence-corrected chi connectivity index (χ0v) is 20.7. The number of hydrogen-bond donors (Lipinski definition) is 1. The van der Waals surface area contributed by atoms with Crippen molar-refractivity contribution in [2.75, 3.05) is 0 Å². The maximum atomic E-state index is 10.9. The van der Waals surface area contributed by atoms with Crippen molar-refractivity contribution in [2.45, 2.75) is 154 Å². The fourth-order valence-corrected chi connectivity index (χ4v) is 6.38. The first-order chi connectivity index (χ1) is 13.5. The van der Waals surface area contributed by atoms with Crippen molar-refractivity contribution in [1.29, 1.82) is 0 Å². The third kappa shape index (κ3) is 22.0. The molecule has 168 valence electrons. The van der Waals surface area contributed by atoms with Crippen molar-refractivity contribution in [3.8, 4) is 0 Å². The second-order valence-electron chi connectivity index (χ2n) is 9.85. The van der Waals surface area contributed by atoms with Gasteiger partial charge in [-0.05, 0) is 0 Å². The number of carbonyl (C=O) groups is 1. The van der Waals surface area contributed by atoms with Gasteiger partial charge in [0.2, 0.25) is 0 Å². The van der Waals surface area contributed by atoms with Crippen LogP contribution < -0.4 is 0 Å². The molecule has 0 aromatic rings. The second-order valence-corrected chi connectivity index (χ2v) is 15.0. The summed E-state index contributed by atoms with van der Waals surface area (Å²) in [6, 6.07) is 1.62. The van der Waals surface area contributed by atoms with Gasteiger partial charge in [0.25, 0.3) is 0 Å².